The van der Waals surface area contributed by atoms with Crippen molar-refractivity contribution < 1.29 is 11.0 Å². The molecule has 2 heterocycles. The zero-order valence-electron chi connectivity index (χ0n) is 37.3. The summed E-state index contributed by atoms with van der Waals surface area (Å²) in [6.45, 7) is 0. The van der Waals surface area contributed by atoms with Crippen LogP contribution in [-0.2, 0) is 0 Å². The highest BCUT2D eigenvalue weighted by Crippen LogP contribution is 2.38. The highest BCUT2D eigenvalue weighted by atomic mass is 15.0. The minimum Gasteiger partial charge on any atom is -0.309 e. The molecule has 0 radical (unpaired) electrons. The van der Waals surface area contributed by atoms with Crippen LogP contribution in [0.1, 0.15) is 11.0 Å². The van der Waals surface area contributed by atoms with Crippen LogP contribution in [-0.4, -0.2) is 19.5 Å². The molecule has 8 aromatic carbocycles. The summed E-state index contributed by atoms with van der Waals surface area (Å²) in [6.07, 6.45) is 0. The second-order valence-electron chi connectivity index (χ2n) is 13.1. The lowest BCUT2D eigenvalue weighted by atomic mass is 9.98. The molecule has 0 aliphatic carbocycles. The van der Waals surface area contributed by atoms with Crippen molar-refractivity contribution in [2.45, 2.75) is 0 Å². The van der Waals surface area contributed by atoms with Gasteiger partial charge in [-0.05, 0) is 58.1 Å². The molecule has 0 spiro atoms. The molecule has 2 aromatic heterocycles. The molecule has 0 atom stereocenters. The number of benzene rings is 8. The first-order chi connectivity index (χ1) is 30.6. The van der Waals surface area contributed by atoms with E-state index in [0.29, 0.717) is 34.3 Å². The van der Waals surface area contributed by atoms with Crippen LogP contribution in [0.4, 0.5) is 0 Å². The Balaban J connectivity index is 1.23. The predicted octanol–water partition coefficient (Wildman–Crippen LogP) is 13.0. The smallest absolute Gasteiger partial charge is 0.164 e. The molecule has 55 heavy (non-hydrogen) atoms. The van der Waals surface area contributed by atoms with E-state index in [-0.39, 0.29) is 33.9 Å². The second kappa shape index (κ2) is 13.8. The lowest BCUT2D eigenvalue weighted by molar-refractivity contribution is 1.07. The van der Waals surface area contributed by atoms with Crippen molar-refractivity contribution in [2.24, 2.45) is 0 Å². The fourth-order valence-corrected chi connectivity index (χ4v) is 7.08. The first kappa shape index (κ1) is 24.7. The normalized spacial score (nSPS) is 13.3. The van der Waals surface area contributed by atoms with Gasteiger partial charge in [0.05, 0.1) is 27.7 Å². The molecule has 0 saturated carbocycles. The van der Waals surface area contributed by atoms with E-state index in [2.05, 4.69) is 42.5 Å². The van der Waals surface area contributed by atoms with Crippen LogP contribution in [0.3, 0.4) is 0 Å². The van der Waals surface area contributed by atoms with E-state index in [9.17, 15) is 2.74 Å². The van der Waals surface area contributed by atoms with Gasteiger partial charge in [0.15, 0.2) is 17.5 Å². The van der Waals surface area contributed by atoms with Crippen LogP contribution in [0, 0.1) is 0 Å². The fourth-order valence-electron chi connectivity index (χ4n) is 7.08. The lowest BCUT2D eigenvalue weighted by Crippen LogP contribution is -2.02. The Bertz CT molecular complexity index is 3350. The van der Waals surface area contributed by atoms with Crippen molar-refractivity contribution >= 4 is 21.8 Å². The predicted molar refractivity (Wildman–Crippen MR) is 227 cm³/mol. The summed E-state index contributed by atoms with van der Waals surface area (Å²) in [5.74, 6) is 1.18. The standard InChI is InChI=1S/C51H34N4/c1-4-16-35(17-5-1)38-22-14-23-39(32-38)40-24-15-25-41(33-40)50-52-49(37-20-8-3-9-21-37)53-51(54-50)42-30-31-43(36-18-6-2-7-19-36)48(34-42)55-46-28-12-10-26-44(46)45-27-11-13-29-47(45)55/h1-34H/i10D,11D,12D,13D,26D,27D,28D,29D. The Morgan fingerprint density at radius 1 is 0.345 bits per heavy atom. The fraction of sp³-hybridized carbons (Fsp3) is 0. The molecule has 4 nitrogen and oxygen atoms in total. The van der Waals surface area contributed by atoms with Crippen LogP contribution >= 0.6 is 0 Å². The maximum absolute atomic E-state index is 9.21. The first-order valence-corrected chi connectivity index (χ1v) is 17.9. The van der Waals surface area contributed by atoms with Gasteiger partial charge >= 0.3 is 0 Å². The van der Waals surface area contributed by atoms with Gasteiger partial charge in [-0.2, -0.15) is 0 Å². The molecular weight excluding hydrogens is 669 g/mol. The maximum atomic E-state index is 9.21. The molecule has 4 heteroatoms. The molecule has 0 amide bonds. The van der Waals surface area contributed by atoms with E-state index < -0.39 is 36.3 Å². The zero-order chi connectivity index (χ0) is 43.5. The summed E-state index contributed by atoms with van der Waals surface area (Å²) in [5, 5.41) is -0.00849. The van der Waals surface area contributed by atoms with Crippen molar-refractivity contribution in [3.63, 3.8) is 0 Å². The van der Waals surface area contributed by atoms with Gasteiger partial charge in [-0.3, -0.25) is 0 Å². The molecule has 10 rings (SSSR count). The van der Waals surface area contributed by atoms with Crippen molar-refractivity contribution in [3.8, 4) is 73.2 Å². The third kappa shape index (κ3) is 6.06. The van der Waals surface area contributed by atoms with Gasteiger partial charge in [-0.1, -0.05) is 176 Å². The summed E-state index contributed by atoms with van der Waals surface area (Å²) in [4.78, 5) is 15.1. The van der Waals surface area contributed by atoms with E-state index in [0.717, 1.165) is 38.9 Å². The van der Waals surface area contributed by atoms with E-state index in [1.807, 2.05) is 115 Å². The molecule has 0 N–H and O–H groups in total. The Morgan fingerprint density at radius 2 is 0.764 bits per heavy atom. The highest BCUT2D eigenvalue weighted by Gasteiger charge is 2.19. The molecule has 0 fully saturated rings. The van der Waals surface area contributed by atoms with E-state index >= 15 is 0 Å². The Hall–Kier alpha value is -7.43. The molecule has 0 bridgehead atoms. The molecule has 0 aliphatic heterocycles. The first-order valence-electron chi connectivity index (χ1n) is 21.9. The third-order valence-corrected chi connectivity index (χ3v) is 9.71. The number of fused-ring (bicyclic) bond motifs is 3. The van der Waals surface area contributed by atoms with Gasteiger partial charge < -0.3 is 4.57 Å². The van der Waals surface area contributed by atoms with E-state index in [4.69, 9.17) is 23.2 Å². The van der Waals surface area contributed by atoms with Gasteiger partial charge in [0.25, 0.3) is 0 Å². The molecule has 0 unspecified atom stereocenters. The topological polar surface area (TPSA) is 43.6 Å². The average molecular weight is 711 g/mol. The van der Waals surface area contributed by atoms with Gasteiger partial charge in [0.1, 0.15) is 0 Å². The van der Waals surface area contributed by atoms with Crippen LogP contribution < -0.4 is 0 Å². The summed E-state index contributed by atoms with van der Waals surface area (Å²) in [6, 6.07) is 47.7. The Morgan fingerprint density at radius 3 is 1.35 bits per heavy atom. The van der Waals surface area contributed by atoms with E-state index in [1.54, 1.807) is 4.57 Å². The summed E-state index contributed by atoms with van der Waals surface area (Å²) >= 11 is 0. The average Bonchev–Trinajstić information content (AvgIpc) is 3.71. The van der Waals surface area contributed by atoms with Gasteiger partial charge in [0.2, 0.25) is 0 Å². The van der Waals surface area contributed by atoms with Gasteiger partial charge in [0, 0.05) is 33.0 Å². The molecule has 10 aromatic rings. The molecule has 0 saturated heterocycles. The minimum absolute atomic E-state index is 0.00425. The maximum Gasteiger partial charge on any atom is 0.164 e. The minimum atomic E-state index is -0.505. The number of rotatable bonds is 7. The molecular formula is C51H34N4. The molecule has 258 valence electrons. The number of para-hydroxylation sites is 2. The monoisotopic (exact) mass is 710 g/mol. The number of hydrogen-bond acceptors (Lipinski definition) is 3. The van der Waals surface area contributed by atoms with E-state index in [1.165, 1.54) is 0 Å². The number of hydrogen-bond donors (Lipinski definition) is 0. The van der Waals surface area contributed by atoms with Gasteiger partial charge in [-0.15, -0.1) is 0 Å². The number of nitrogens with zero attached hydrogens (tertiary/aromatic N) is 4. The number of aromatic nitrogens is 4. The van der Waals surface area contributed by atoms with Crippen molar-refractivity contribution in [3.05, 3.63) is 206 Å². The van der Waals surface area contributed by atoms with Crippen LogP contribution in [0.25, 0.3) is 95.0 Å². The van der Waals surface area contributed by atoms with Crippen molar-refractivity contribution in [2.75, 3.05) is 0 Å². The summed E-state index contributed by atoms with van der Waals surface area (Å²) in [7, 11) is 0. The lowest BCUT2D eigenvalue weighted by Gasteiger charge is -2.16. The van der Waals surface area contributed by atoms with Crippen LogP contribution in [0.15, 0.2) is 206 Å². The summed E-state index contributed by atoms with van der Waals surface area (Å²) in [5.41, 5.74) is 8.12. The second-order valence-corrected chi connectivity index (χ2v) is 13.1. The van der Waals surface area contributed by atoms with Crippen molar-refractivity contribution in [1.82, 2.24) is 19.5 Å². The summed E-state index contributed by atoms with van der Waals surface area (Å²) < 4.78 is 72.6. The van der Waals surface area contributed by atoms with Crippen LogP contribution in [0.2, 0.25) is 0 Å². The van der Waals surface area contributed by atoms with Crippen molar-refractivity contribution in [1.29, 1.82) is 0 Å². The Labute approximate surface area is 331 Å². The molecule has 0 aliphatic rings. The third-order valence-electron chi connectivity index (χ3n) is 9.71. The zero-order valence-corrected chi connectivity index (χ0v) is 29.3. The van der Waals surface area contributed by atoms with Gasteiger partial charge in [-0.25, -0.2) is 15.0 Å². The largest absolute Gasteiger partial charge is 0.309 e. The quantitative estimate of drug-likeness (QED) is 0.165. The highest BCUT2D eigenvalue weighted by molar-refractivity contribution is 6.09. The van der Waals surface area contributed by atoms with Crippen LogP contribution in [0.5, 0.6) is 0 Å². The Kier molecular flexibility index (Phi) is 6.23. The SMILES string of the molecule is [2H]c1c([2H])c([2H])c2c(c1[2H])c1c([2H])c([2H])c([2H])c([2H])c1n2-c1cc(-c2nc(-c3ccccc3)nc(-c3cccc(-c4cccc(-c5ccccc5)c4)c3)n2)ccc1-c1ccccc1.